The summed E-state index contributed by atoms with van der Waals surface area (Å²) >= 11 is 5.46. The van der Waals surface area contributed by atoms with Crippen LogP contribution in [0.2, 0.25) is 0 Å². The van der Waals surface area contributed by atoms with Crippen LogP contribution in [0.25, 0.3) is 0 Å². The number of halogens is 1. The van der Waals surface area contributed by atoms with Gasteiger partial charge in [-0.15, -0.1) is 11.6 Å². The van der Waals surface area contributed by atoms with E-state index in [1.165, 1.54) is 23.3 Å². The summed E-state index contributed by atoms with van der Waals surface area (Å²) in [7, 11) is -5.10. The van der Waals surface area contributed by atoms with Gasteiger partial charge in [-0.05, 0) is 85.3 Å². The van der Waals surface area contributed by atoms with Gasteiger partial charge in [0.15, 0.2) is 34.6 Å². The average molecular weight is 896 g/mol. The van der Waals surface area contributed by atoms with E-state index in [4.69, 9.17) is 38.8 Å². The van der Waals surface area contributed by atoms with Gasteiger partial charge in [0.25, 0.3) is 0 Å². The Morgan fingerprint density at radius 1 is 0.603 bits per heavy atom. The van der Waals surface area contributed by atoms with Crippen molar-refractivity contribution in [3.8, 4) is 23.0 Å². The highest BCUT2D eigenvalue weighted by atomic mass is 35.5. The Kier molecular flexibility index (Phi) is 18.6. The van der Waals surface area contributed by atoms with E-state index in [0.717, 1.165) is 74.6 Å². The Hall–Kier alpha value is -4.53. The van der Waals surface area contributed by atoms with Crippen molar-refractivity contribution < 1.29 is 47.0 Å². The predicted octanol–water partition coefficient (Wildman–Crippen LogP) is 5.48. The maximum absolute atomic E-state index is 12.6. The minimum Gasteiger partial charge on any atom is -0.493 e. The number of nitrogens with zero attached hydrogens (tertiary/aromatic N) is 3. The number of Topliss-reactive ketones (excluding diaryl/α,β-unsaturated/α-hetero) is 2. The second-order valence-corrected chi connectivity index (χ2v) is 16.2. The molecular weight excluding hydrogens is 820 g/mol. The first kappa shape index (κ1) is 42.4. The monoisotopic (exact) mass is 895 g/mol. The SMILES string of the molecule is Cc1cccc(C)c1CC(=O)CCl.[2H]C([2H])([2H])Oc1ccccc1OCC(O)CN1CCN(CC(=O)Cc2c(C)cccc2C)CC1.[2H]C([2H])([2H])Oc1ccccc1OCC(O)CN1CCNCC1. The lowest BCUT2D eigenvalue weighted by Gasteiger charge is -2.35. The van der Waals surface area contributed by atoms with Crippen LogP contribution in [0.15, 0.2) is 84.9 Å². The Balaban J connectivity index is 0.000000252. The summed E-state index contributed by atoms with van der Waals surface area (Å²) in [4.78, 5) is 30.2. The topological polar surface area (TPSA) is 133 Å². The number of para-hydroxylation sites is 4. The smallest absolute Gasteiger partial charge is 0.161 e. The number of benzene rings is 4. The van der Waals surface area contributed by atoms with Gasteiger partial charge in [-0.1, -0.05) is 60.7 Å². The third-order valence-electron chi connectivity index (χ3n) is 11.0. The number of methoxy groups -OCH3 is 2. The maximum Gasteiger partial charge on any atom is 0.161 e. The molecule has 0 aromatic heterocycles. The van der Waals surface area contributed by atoms with Crippen molar-refractivity contribution in [2.75, 3.05) is 105 Å². The number of rotatable bonds is 19. The number of hydrogen-bond donors (Lipinski definition) is 3. The van der Waals surface area contributed by atoms with Crippen molar-refractivity contribution in [3.63, 3.8) is 0 Å². The quantitative estimate of drug-likeness (QED) is 0.103. The van der Waals surface area contributed by atoms with Crippen molar-refractivity contribution in [2.45, 2.75) is 52.7 Å². The summed E-state index contributed by atoms with van der Waals surface area (Å²) in [6.07, 6.45) is -0.457. The van der Waals surface area contributed by atoms with E-state index in [1.807, 2.05) is 64.1 Å². The Labute approximate surface area is 388 Å². The van der Waals surface area contributed by atoms with Crippen molar-refractivity contribution in [1.29, 1.82) is 0 Å². The van der Waals surface area contributed by atoms with Gasteiger partial charge in [0, 0.05) is 78.3 Å². The molecule has 0 bridgehead atoms. The molecule has 0 aliphatic carbocycles. The number of β-amino-alcohol motifs (C(OH)–C–C–N with tert-alkyl or cyclic N) is 2. The van der Waals surface area contributed by atoms with Gasteiger partial charge in [0.05, 0.1) is 34.7 Å². The molecule has 12 nitrogen and oxygen atoms in total. The fourth-order valence-electron chi connectivity index (χ4n) is 7.41. The molecule has 4 aromatic rings. The number of piperazine rings is 2. The summed E-state index contributed by atoms with van der Waals surface area (Å²) in [5, 5.41) is 23.7. The molecule has 0 saturated carbocycles. The molecule has 63 heavy (non-hydrogen) atoms. The van der Waals surface area contributed by atoms with Gasteiger partial charge in [-0.2, -0.15) is 0 Å². The Bertz CT molecular complexity index is 2160. The van der Waals surface area contributed by atoms with Crippen LogP contribution in [0, 0.1) is 27.7 Å². The lowest BCUT2D eigenvalue weighted by atomic mass is 9.98. The van der Waals surface area contributed by atoms with Crippen LogP contribution in [-0.2, 0) is 22.4 Å². The zero-order valence-corrected chi connectivity index (χ0v) is 37.9. The lowest BCUT2D eigenvalue weighted by Crippen LogP contribution is -2.50. The van der Waals surface area contributed by atoms with Gasteiger partial charge in [-0.25, -0.2) is 0 Å². The number of ether oxygens (including phenoxy) is 4. The number of ketones is 2. The van der Waals surface area contributed by atoms with Crippen LogP contribution in [0.4, 0.5) is 0 Å². The van der Waals surface area contributed by atoms with Crippen molar-refractivity contribution in [1.82, 2.24) is 20.0 Å². The van der Waals surface area contributed by atoms with Crippen LogP contribution in [-0.4, -0.2) is 154 Å². The molecule has 13 heteroatoms. The first-order valence-electron chi connectivity index (χ1n) is 24.4. The summed E-state index contributed by atoms with van der Waals surface area (Å²) in [5.74, 6) is 1.28. The standard InChI is InChI=1S/C25H34N2O4.C14H22N2O3.C11H13ClO/c1-19-7-6-8-20(2)23(19)15-21(28)16-26-11-13-27(14-12-26)17-22(29)18-31-25-10-5-4-9-24(25)30-3;1-18-13-4-2-3-5-14(13)19-11-12(17)10-16-8-6-15-7-9-16;1-8-4-3-5-9(2)11(8)6-10(13)7-12/h4-10,22,29H,11-18H2,1-3H3;2-5,12,15,17H,6-11H2,1H3;3-5H,6-7H2,1-2H3/i3D3;1D3;. The molecule has 2 fully saturated rings. The van der Waals surface area contributed by atoms with Crippen molar-refractivity contribution in [2.24, 2.45) is 0 Å². The molecule has 2 aliphatic rings. The van der Waals surface area contributed by atoms with Gasteiger partial charge >= 0.3 is 0 Å². The fraction of sp³-hybridized carbons (Fsp3) is 0.480. The van der Waals surface area contributed by atoms with E-state index in [9.17, 15) is 19.8 Å². The van der Waals surface area contributed by atoms with Gasteiger partial charge < -0.3 is 34.5 Å². The van der Waals surface area contributed by atoms with Crippen molar-refractivity contribution in [3.05, 3.63) is 118 Å². The molecule has 2 unspecified atom stereocenters. The second-order valence-electron chi connectivity index (χ2n) is 16.0. The summed E-state index contributed by atoms with van der Waals surface area (Å²) in [6.45, 7) is 16.3. The van der Waals surface area contributed by atoms with Crippen LogP contribution in [0.5, 0.6) is 23.0 Å². The third-order valence-corrected chi connectivity index (χ3v) is 11.3. The minimum atomic E-state index is -2.57. The largest absolute Gasteiger partial charge is 0.493 e. The van der Waals surface area contributed by atoms with Crippen LogP contribution in [0.1, 0.15) is 41.6 Å². The van der Waals surface area contributed by atoms with E-state index in [-0.39, 0.29) is 47.9 Å². The minimum absolute atomic E-state index is 0.0237. The van der Waals surface area contributed by atoms with E-state index in [1.54, 1.807) is 36.4 Å². The zero-order chi connectivity index (χ0) is 50.6. The highest BCUT2D eigenvalue weighted by Gasteiger charge is 2.22. The molecule has 344 valence electrons. The average Bonchev–Trinajstić information content (AvgIpc) is 3.29. The summed E-state index contributed by atoms with van der Waals surface area (Å²) < 4.78 is 64.2. The van der Waals surface area contributed by atoms with Gasteiger partial charge in [-0.3, -0.25) is 24.3 Å². The van der Waals surface area contributed by atoms with Gasteiger partial charge in [0.1, 0.15) is 25.4 Å². The molecule has 3 N–H and O–H groups in total. The van der Waals surface area contributed by atoms with E-state index in [0.29, 0.717) is 38.2 Å². The molecule has 0 radical (unpaired) electrons. The highest BCUT2D eigenvalue weighted by molar-refractivity contribution is 6.27. The maximum atomic E-state index is 12.6. The van der Waals surface area contributed by atoms with Crippen LogP contribution >= 0.6 is 11.6 Å². The van der Waals surface area contributed by atoms with E-state index in [2.05, 4.69) is 20.0 Å². The van der Waals surface area contributed by atoms with E-state index < -0.39 is 26.3 Å². The number of carbonyl (C=O) groups is 2. The molecule has 0 spiro atoms. The Morgan fingerprint density at radius 2 is 1.00 bits per heavy atom. The third kappa shape index (κ3) is 17.9. The van der Waals surface area contributed by atoms with Gasteiger partial charge in [0.2, 0.25) is 0 Å². The molecular formula is C50H69ClN4O8. The molecule has 0 amide bonds. The van der Waals surface area contributed by atoms with Crippen LogP contribution < -0.4 is 24.3 Å². The molecule has 6 rings (SSSR count). The number of alkyl halides is 1. The fourth-order valence-corrected chi connectivity index (χ4v) is 7.50. The van der Waals surface area contributed by atoms with E-state index >= 15 is 0 Å². The molecule has 2 atom stereocenters. The zero-order valence-electron chi connectivity index (χ0n) is 43.1. The molecule has 2 aliphatic heterocycles. The first-order chi connectivity index (χ1) is 32.7. The molecule has 4 aromatic carbocycles. The number of aliphatic hydroxyl groups excluding tert-OH is 2. The highest BCUT2D eigenvalue weighted by Crippen LogP contribution is 2.27. The Morgan fingerprint density at radius 3 is 1.43 bits per heavy atom. The second kappa shape index (κ2) is 27.6. The lowest BCUT2D eigenvalue weighted by molar-refractivity contribution is -0.120. The normalized spacial score (nSPS) is 17.3. The summed E-state index contributed by atoms with van der Waals surface area (Å²) in [6, 6.07) is 25.2. The first-order valence-corrected chi connectivity index (χ1v) is 22.0. The van der Waals surface area contributed by atoms with Crippen LogP contribution in [0.3, 0.4) is 0 Å². The summed E-state index contributed by atoms with van der Waals surface area (Å²) in [5.41, 5.74) is 6.88. The number of hydrogen-bond acceptors (Lipinski definition) is 12. The predicted molar refractivity (Wildman–Crippen MR) is 251 cm³/mol. The number of nitrogens with one attached hydrogen (secondary N) is 1. The number of aliphatic hydroxyl groups is 2. The number of carbonyl (C=O) groups excluding carboxylic acids is 2. The number of aryl methyl sites for hydroxylation is 4. The molecule has 2 heterocycles. The van der Waals surface area contributed by atoms with Crippen molar-refractivity contribution >= 4 is 23.2 Å². The molecule has 2 saturated heterocycles.